The summed E-state index contributed by atoms with van der Waals surface area (Å²) < 4.78 is 0. The number of unbranched alkanes of at least 4 members (excludes halogenated alkanes) is 2. The molecule has 1 unspecified atom stereocenters. The Labute approximate surface area is 129 Å². The summed E-state index contributed by atoms with van der Waals surface area (Å²) >= 11 is 0. The molecule has 1 aromatic carbocycles. The molecule has 1 aromatic rings. The van der Waals surface area contributed by atoms with Crippen LogP contribution in [0.25, 0.3) is 0 Å². The molecule has 0 spiro atoms. The number of benzene rings is 1. The van der Waals surface area contributed by atoms with E-state index in [4.69, 9.17) is 0 Å². The molecule has 2 N–H and O–H groups in total. The number of carbonyl (C=O) groups excluding carboxylic acids is 1. The molecular formula is C18H30N2O. The van der Waals surface area contributed by atoms with Crippen LogP contribution in [0.5, 0.6) is 0 Å². The molecule has 3 nitrogen and oxygen atoms in total. The molecule has 0 aliphatic rings. The van der Waals surface area contributed by atoms with Gasteiger partial charge in [0.25, 0.3) is 0 Å². The Balaban J connectivity index is 2.55. The average molecular weight is 290 g/mol. The Bertz CT molecular complexity index is 409. The van der Waals surface area contributed by atoms with Crippen molar-refractivity contribution in [2.45, 2.75) is 65.0 Å². The van der Waals surface area contributed by atoms with Gasteiger partial charge in [0.15, 0.2) is 0 Å². The molecular weight excluding hydrogens is 260 g/mol. The highest BCUT2D eigenvalue weighted by atomic mass is 16.2. The SMILES string of the molecule is CCCCCC(NCC(=O)NC(C)(C)C)c1ccccc1. The molecule has 0 fully saturated rings. The minimum Gasteiger partial charge on any atom is -0.350 e. The van der Waals surface area contributed by atoms with E-state index in [1.54, 1.807) is 0 Å². The van der Waals surface area contributed by atoms with E-state index in [9.17, 15) is 4.79 Å². The third-order valence-electron chi connectivity index (χ3n) is 3.32. The van der Waals surface area contributed by atoms with Crippen molar-refractivity contribution in [3.63, 3.8) is 0 Å². The number of hydrogen-bond donors (Lipinski definition) is 2. The molecule has 0 saturated heterocycles. The summed E-state index contributed by atoms with van der Waals surface area (Å²) in [4.78, 5) is 12.0. The molecule has 1 rings (SSSR count). The summed E-state index contributed by atoms with van der Waals surface area (Å²) in [7, 11) is 0. The highest BCUT2D eigenvalue weighted by molar-refractivity contribution is 5.78. The second kappa shape index (κ2) is 8.83. The number of nitrogens with one attached hydrogen (secondary N) is 2. The Morgan fingerprint density at radius 3 is 2.38 bits per heavy atom. The lowest BCUT2D eigenvalue weighted by atomic mass is 10.0. The zero-order valence-electron chi connectivity index (χ0n) is 13.9. The van der Waals surface area contributed by atoms with Gasteiger partial charge in [-0.3, -0.25) is 4.79 Å². The van der Waals surface area contributed by atoms with Crippen LogP contribution in [0.1, 0.15) is 65.0 Å². The summed E-state index contributed by atoms with van der Waals surface area (Å²) in [5.41, 5.74) is 1.08. The minimum atomic E-state index is -0.177. The van der Waals surface area contributed by atoms with Crippen LogP contribution in [0.2, 0.25) is 0 Å². The van der Waals surface area contributed by atoms with E-state index in [0.717, 1.165) is 6.42 Å². The van der Waals surface area contributed by atoms with Crippen molar-refractivity contribution in [3.05, 3.63) is 35.9 Å². The van der Waals surface area contributed by atoms with Gasteiger partial charge in [0.2, 0.25) is 5.91 Å². The van der Waals surface area contributed by atoms with E-state index in [1.165, 1.54) is 24.8 Å². The van der Waals surface area contributed by atoms with E-state index in [0.29, 0.717) is 6.54 Å². The Kier molecular flexibility index (Phi) is 7.44. The smallest absolute Gasteiger partial charge is 0.234 e. The number of amides is 1. The topological polar surface area (TPSA) is 41.1 Å². The molecule has 0 aliphatic carbocycles. The third kappa shape index (κ3) is 7.86. The second-order valence-electron chi connectivity index (χ2n) is 6.64. The van der Waals surface area contributed by atoms with Crippen LogP contribution in [0, 0.1) is 0 Å². The van der Waals surface area contributed by atoms with Crippen LogP contribution in [0.15, 0.2) is 30.3 Å². The number of rotatable bonds is 8. The van der Waals surface area contributed by atoms with Gasteiger partial charge < -0.3 is 10.6 Å². The largest absolute Gasteiger partial charge is 0.350 e. The van der Waals surface area contributed by atoms with E-state index >= 15 is 0 Å². The molecule has 0 bridgehead atoms. The molecule has 118 valence electrons. The molecule has 0 heterocycles. The van der Waals surface area contributed by atoms with Crippen molar-refractivity contribution < 1.29 is 4.79 Å². The first-order valence-electron chi connectivity index (χ1n) is 8.01. The quantitative estimate of drug-likeness (QED) is 0.715. The van der Waals surface area contributed by atoms with Gasteiger partial charge in [0.1, 0.15) is 0 Å². The van der Waals surface area contributed by atoms with E-state index in [-0.39, 0.29) is 17.5 Å². The van der Waals surface area contributed by atoms with E-state index in [2.05, 4.69) is 41.8 Å². The van der Waals surface area contributed by atoms with Gasteiger partial charge in [-0.25, -0.2) is 0 Å². The van der Waals surface area contributed by atoms with Crippen molar-refractivity contribution >= 4 is 5.91 Å². The van der Waals surface area contributed by atoms with Crippen molar-refractivity contribution in [2.75, 3.05) is 6.54 Å². The van der Waals surface area contributed by atoms with Gasteiger partial charge in [-0.05, 0) is 32.8 Å². The van der Waals surface area contributed by atoms with Crippen LogP contribution in [-0.4, -0.2) is 18.0 Å². The van der Waals surface area contributed by atoms with Crippen molar-refractivity contribution in [1.82, 2.24) is 10.6 Å². The van der Waals surface area contributed by atoms with Gasteiger partial charge in [-0.1, -0.05) is 56.5 Å². The third-order valence-corrected chi connectivity index (χ3v) is 3.32. The summed E-state index contributed by atoms with van der Waals surface area (Å²) in [5, 5.41) is 6.40. The van der Waals surface area contributed by atoms with Crippen LogP contribution < -0.4 is 10.6 Å². The standard InChI is InChI=1S/C18H30N2O/c1-5-6-8-13-16(15-11-9-7-10-12-15)19-14-17(21)20-18(2,3)4/h7,9-12,16,19H,5-6,8,13-14H2,1-4H3,(H,20,21). The first kappa shape index (κ1) is 17.7. The molecule has 1 amide bonds. The predicted molar refractivity (Wildman–Crippen MR) is 89.2 cm³/mol. The van der Waals surface area contributed by atoms with Crippen molar-refractivity contribution in [3.8, 4) is 0 Å². The number of hydrogen-bond acceptors (Lipinski definition) is 2. The lowest BCUT2D eigenvalue weighted by molar-refractivity contribution is -0.121. The second-order valence-corrected chi connectivity index (χ2v) is 6.64. The summed E-state index contributed by atoms with van der Waals surface area (Å²) in [6, 6.07) is 10.6. The van der Waals surface area contributed by atoms with Crippen molar-refractivity contribution in [1.29, 1.82) is 0 Å². The highest BCUT2D eigenvalue weighted by Crippen LogP contribution is 2.19. The minimum absolute atomic E-state index is 0.0546. The monoisotopic (exact) mass is 290 g/mol. The van der Waals surface area contributed by atoms with Gasteiger partial charge >= 0.3 is 0 Å². The molecule has 21 heavy (non-hydrogen) atoms. The Morgan fingerprint density at radius 2 is 1.81 bits per heavy atom. The first-order chi connectivity index (χ1) is 9.92. The fraction of sp³-hybridized carbons (Fsp3) is 0.611. The summed E-state index contributed by atoms with van der Waals surface area (Å²) in [6.07, 6.45) is 4.70. The van der Waals surface area contributed by atoms with E-state index < -0.39 is 0 Å². The molecule has 0 aliphatic heterocycles. The van der Waals surface area contributed by atoms with Crippen molar-refractivity contribution in [2.24, 2.45) is 0 Å². The fourth-order valence-electron chi connectivity index (χ4n) is 2.35. The first-order valence-corrected chi connectivity index (χ1v) is 8.01. The molecule has 0 radical (unpaired) electrons. The summed E-state index contributed by atoms with van der Waals surface area (Å²) in [5.74, 6) is 0.0546. The van der Waals surface area contributed by atoms with E-state index in [1.807, 2.05) is 26.8 Å². The zero-order valence-corrected chi connectivity index (χ0v) is 13.9. The normalized spacial score (nSPS) is 13.0. The van der Waals surface area contributed by atoms with Gasteiger partial charge in [0, 0.05) is 11.6 Å². The van der Waals surface area contributed by atoms with Gasteiger partial charge in [-0.2, -0.15) is 0 Å². The predicted octanol–water partition coefficient (Wildman–Crippen LogP) is 3.81. The highest BCUT2D eigenvalue weighted by Gasteiger charge is 2.16. The lowest BCUT2D eigenvalue weighted by Gasteiger charge is -2.23. The molecule has 0 aromatic heterocycles. The van der Waals surface area contributed by atoms with Crippen LogP contribution in [0.3, 0.4) is 0 Å². The summed E-state index contributed by atoms with van der Waals surface area (Å²) in [6.45, 7) is 8.58. The van der Waals surface area contributed by atoms with Crippen LogP contribution in [-0.2, 0) is 4.79 Å². The fourth-order valence-corrected chi connectivity index (χ4v) is 2.35. The van der Waals surface area contributed by atoms with Gasteiger partial charge in [-0.15, -0.1) is 0 Å². The van der Waals surface area contributed by atoms with Crippen LogP contribution in [0.4, 0.5) is 0 Å². The average Bonchev–Trinajstić information content (AvgIpc) is 2.41. The number of carbonyl (C=O) groups is 1. The maximum atomic E-state index is 12.0. The Hall–Kier alpha value is -1.35. The zero-order chi connectivity index (χ0) is 15.7. The molecule has 3 heteroatoms. The van der Waals surface area contributed by atoms with Gasteiger partial charge in [0.05, 0.1) is 6.54 Å². The maximum absolute atomic E-state index is 12.0. The maximum Gasteiger partial charge on any atom is 0.234 e. The molecule has 1 atom stereocenters. The lowest BCUT2D eigenvalue weighted by Crippen LogP contribution is -2.45. The molecule has 0 saturated carbocycles. The van der Waals surface area contributed by atoms with Crippen LogP contribution >= 0.6 is 0 Å². The Morgan fingerprint density at radius 1 is 1.14 bits per heavy atom.